The number of carbonyl (C=O) groups excluding carboxylic acids is 2. The topological polar surface area (TPSA) is 55.8 Å². The van der Waals surface area contributed by atoms with E-state index in [9.17, 15) is 9.59 Å². The zero-order chi connectivity index (χ0) is 18.9. The molecule has 0 aliphatic rings. The number of esters is 1. The van der Waals surface area contributed by atoms with Gasteiger partial charge in [-0.1, -0.05) is 53.6 Å². The van der Waals surface area contributed by atoms with Crippen LogP contribution >= 0.6 is 11.6 Å². The number of hydrogen-bond donors (Lipinski definition) is 0. The van der Waals surface area contributed by atoms with Crippen LogP contribution in [0.4, 0.5) is 0 Å². The Labute approximate surface area is 158 Å². The van der Waals surface area contributed by atoms with Crippen molar-refractivity contribution in [2.24, 2.45) is 0 Å². The van der Waals surface area contributed by atoms with Gasteiger partial charge in [0, 0.05) is 13.1 Å². The molecule has 2 rings (SSSR count). The van der Waals surface area contributed by atoms with Crippen molar-refractivity contribution in [3.8, 4) is 5.75 Å². The maximum absolute atomic E-state index is 12.6. The molecule has 0 fully saturated rings. The van der Waals surface area contributed by atoms with Crippen molar-refractivity contribution in [1.82, 2.24) is 4.90 Å². The van der Waals surface area contributed by atoms with Crippen LogP contribution in [0.15, 0.2) is 48.5 Å². The normalized spacial score (nSPS) is 10.3. The molecule has 26 heavy (non-hydrogen) atoms. The molecule has 0 spiro atoms. The Balaban J connectivity index is 2.03. The van der Waals surface area contributed by atoms with Crippen molar-refractivity contribution >= 4 is 23.5 Å². The van der Waals surface area contributed by atoms with E-state index < -0.39 is 0 Å². The Bertz CT molecular complexity index is 746. The third-order valence-electron chi connectivity index (χ3n) is 3.85. The molecule has 6 heteroatoms. The molecule has 0 saturated carbocycles. The zero-order valence-electron chi connectivity index (χ0n) is 14.9. The molecule has 0 unspecified atom stereocenters. The molecule has 0 bridgehead atoms. The summed E-state index contributed by atoms with van der Waals surface area (Å²) < 4.78 is 10.2. The molecule has 2 aromatic carbocycles. The first-order chi connectivity index (χ1) is 12.5. The van der Waals surface area contributed by atoms with Gasteiger partial charge in [-0.05, 0) is 24.6 Å². The summed E-state index contributed by atoms with van der Waals surface area (Å²) in [5.41, 5.74) is 2.12. The molecule has 0 aromatic heterocycles. The van der Waals surface area contributed by atoms with Crippen LogP contribution in [0.25, 0.3) is 0 Å². The summed E-state index contributed by atoms with van der Waals surface area (Å²) in [4.78, 5) is 25.6. The molecule has 0 aliphatic carbocycles. The van der Waals surface area contributed by atoms with Crippen LogP contribution in [0.1, 0.15) is 17.5 Å². The molecular formula is C20H22ClNO4. The van der Waals surface area contributed by atoms with Crippen molar-refractivity contribution in [1.29, 1.82) is 0 Å². The van der Waals surface area contributed by atoms with E-state index in [1.807, 2.05) is 31.2 Å². The largest absolute Gasteiger partial charge is 0.482 e. The van der Waals surface area contributed by atoms with Crippen LogP contribution in [0.3, 0.4) is 0 Å². The van der Waals surface area contributed by atoms with Gasteiger partial charge in [0.2, 0.25) is 0 Å². The van der Waals surface area contributed by atoms with Crippen LogP contribution in [-0.4, -0.2) is 37.0 Å². The lowest BCUT2D eigenvalue weighted by Crippen LogP contribution is -2.36. The summed E-state index contributed by atoms with van der Waals surface area (Å²) in [6.45, 7) is 2.49. The van der Waals surface area contributed by atoms with Gasteiger partial charge in [-0.2, -0.15) is 0 Å². The molecule has 0 radical (unpaired) electrons. The van der Waals surface area contributed by atoms with Crippen molar-refractivity contribution in [2.45, 2.75) is 19.9 Å². The Hall–Kier alpha value is -2.53. The van der Waals surface area contributed by atoms with E-state index in [1.54, 1.807) is 29.2 Å². The van der Waals surface area contributed by atoms with Gasteiger partial charge in [0.15, 0.2) is 6.61 Å². The van der Waals surface area contributed by atoms with Gasteiger partial charge in [0.1, 0.15) is 5.75 Å². The van der Waals surface area contributed by atoms with Crippen molar-refractivity contribution < 1.29 is 19.1 Å². The summed E-state index contributed by atoms with van der Waals surface area (Å²) in [6.07, 6.45) is 0.125. The summed E-state index contributed by atoms with van der Waals surface area (Å²) in [5, 5.41) is 0.444. The van der Waals surface area contributed by atoms with Crippen LogP contribution in [-0.2, 0) is 20.9 Å². The maximum Gasteiger partial charge on any atom is 0.307 e. The van der Waals surface area contributed by atoms with Crippen LogP contribution < -0.4 is 4.74 Å². The monoisotopic (exact) mass is 375 g/mol. The number of benzene rings is 2. The third kappa shape index (κ3) is 6.08. The van der Waals surface area contributed by atoms with Crippen molar-refractivity contribution in [3.63, 3.8) is 0 Å². The highest BCUT2D eigenvalue weighted by atomic mass is 35.5. The second-order valence-corrected chi connectivity index (χ2v) is 6.25. The predicted molar refractivity (Wildman–Crippen MR) is 100 cm³/mol. The minimum atomic E-state index is -0.362. The number of amides is 1. The van der Waals surface area contributed by atoms with Gasteiger partial charge >= 0.3 is 5.97 Å². The second-order valence-electron chi connectivity index (χ2n) is 5.85. The Morgan fingerprint density at radius 3 is 2.42 bits per heavy atom. The van der Waals surface area contributed by atoms with Gasteiger partial charge in [-0.15, -0.1) is 0 Å². The van der Waals surface area contributed by atoms with E-state index in [0.29, 0.717) is 17.3 Å². The molecular weight excluding hydrogens is 354 g/mol. The molecule has 5 nitrogen and oxygen atoms in total. The first kappa shape index (κ1) is 19.8. The van der Waals surface area contributed by atoms with E-state index in [4.69, 9.17) is 16.3 Å². The lowest BCUT2D eigenvalue weighted by molar-refractivity contribution is -0.142. The molecule has 0 heterocycles. The number of halogens is 1. The third-order valence-corrected chi connectivity index (χ3v) is 4.16. The van der Waals surface area contributed by atoms with E-state index in [2.05, 4.69) is 4.74 Å². The lowest BCUT2D eigenvalue weighted by atomic mass is 10.1. The number of para-hydroxylation sites is 1. The molecule has 0 N–H and O–H groups in total. The molecule has 1 amide bonds. The number of rotatable bonds is 8. The highest BCUT2D eigenvalue weighted by molar-refractivity contribution is 6.32. The quantitative estimate of drug-likeness (QED) is 0.661. The fourth-order valence-corrected chi connectivity index (χ4v) is 2.52. The molecule has 138 valence electrons. The first-order valence-corrected chi connectivity index (χ1v) is 8.65. The summed E-state index contributed by atoms with van der Waals surface area (Å²) >= 11 is 6.04. The summed E-state index contributed by atoms with van der Waals surface area (Å²) in [5.74, 6) is -0.140. The summed E-state index contributed by atoms with van der Waals surface area (Å²) in [7, 11) is 1.33. The lowest BCUT2D eigenvalue weighted by Gasteiger charge is -2.23. The average Bonchev–Trinajstić information content (AvgIpc) is 2.65. The summed E-state index contributed by atoms with van der Waals surface area (Å²) in [6, 6.07) is 14.9. The Morgan fingerprint density at radius 1 is 1.08 bits per heavy atom. The van der Waals surface area contributed by atoms with E-state index in [0.717, 1.165) is 11.1 Å². The average molecular weight is 376 g/mol. The predicted octanol–water partition coefficient (Wildman–Crippen LogP) is 3.62. The van der Waals surface area contributed by atoms with Gasteiger partial charge < -0.3 is 14.4 Å². The standard InChI is InChI=1S/C20H22ClNO4/c1-15-7-9-16(10-8-15)13-22(12-11-20(24)25-2)19(23)14-26-18-6-4-3-5-17(18)21/h3-10H,11-14H2,1-2H3. The van der Waals surface area contributed by atoms with Gasteiger partial charge in [-0.25, -0.2) is 0 Å². The Kier molecular flexibility index (Phi) is 7.48. The highest BCUT2D eigenvalue weighted by Gasteiger charge is 2.17. The van der Waals surface area contributed by atoms with E-state index >= 15 is 0 Å². The number of carbonyl (C=O) groups is 2. The van der Waals surface area contributed by atoms with Crippen molar-refractivity contribution in [2.75, 3.05) is 20.3 Å². The van der Waals surface area contributed by atoms with Crippen LogP contribution in [0, 0.1) is 6.92 Å². The fourth-order valence-electron chi connectivity index (χ4n) is 2.33. The second kappa shape index (κ2) is 9.82. The molecule has 0 aliphatic heterocycles. The Morgan fingerprint density at radius 2 is 1.77 bits per heavy atom. The smallest absolute Gasteiger partial charge is 0.307 e. The minimum absolute atomic E-state index is 0.125. The minimum Gasteiger partial charge on any atom is -0.482 e. The highest BCUT2D eigenvalue weighted by Crippen LogP contribution is 2.23. The maximum atomic E-state index is 12.6. The van der Waals surface area contributed by atoms with Gasteiger partial charge in [-0.3, -0.25) is 9.59 Å². The van der Waals surface area contributed by atoms with Crippen LogP contribution in [0.2, 0.25) is 5.02 Å². The number of ether oxygens (including phenoxy) is 2. The molecule has 0 atom stereocenters. The van der Waals surface area contributed by atoms with Crippen molar-refractivity contribution in [3.05, 3.63) is 64.7 Å². The van der Waals surface area contributed by atoms with Gasteiger partial charge in [0.25, 0.3) is 5.91 Å². The fraction of sp³-hybridized carbons (Fsp3) is 0.300. The number of aryl methyl sites for hydroxylation is 1. The van der Waals surface area contributed by atoms with Gasteiger partial charge in [0.05, 0.1) is 18.6 Å². The first-order valence-electron chi connectivity index (χ1n) is 8.27. The van der Waals surface area contributed by atoms with E-state index in [-0.39, 0.29) is 31.4 Å². The number of hydrogen-bond acceptors (Lipinski definition) is 4. The molecule has 2 aromatic rings. The molecule has 0 saturated heterocycles. The van der Waals surface area contributed by atoms with E-state index in [1.165, 1.54) is 7.11 Å². The van der Waals surface area contributed by atoms with Crippen LogP contribution in [0.5, 0.6) is 5.75 Å². The number of methoxy groups -OCH3 is 1. The zero-order valence-corrected chi connectivity index (χ0v) is 15.7. The number of nitrogens with zero attached hydrogens (tertiary/aromatic N) is 1. The SMILES string of the molecule is COC(=O)CCN(Cc1ccc(C)cc1)C(=O)COc1ccccc1Cl.